The van der Waals surface area contributed by atoms with Crippen LogP contribution in [0.5, 0.6) is 0 Å². The molecular weight excluding hydrogens is 304 g/mol. The van der Waals surface area contributed by atoms with Crippen molar-refractivity contribution in [3.63, 3.8) is 0 Å². The van der Waals surface area contributed by atoms with E-state index >= 15 is 0 Å². The van der Waals surface area contributed by atoms with E-state index in [-0.39, 0.29) is 0 Å². The molecule has 1 unspecified atom stereocenters. The van der Waals surface area contributed by atoms with Crippen molar-refractivity contribution in [2.75, 3.05) is 33.4 Å². The Bertz CT molecular complexity index is 386. The molecule has 1 saturated heterocycles. The smallest absolute Gasteiger partial charge is 0.0587 e. The number of nitrogens with zero attached hydrogens (tertiary/aromatic N) is 1. The lowest BCUT2D eigenvalue weighted by atomic mass is 10.2. The average molecular weight is 327 g/mol. The molecule has 1 aliphatic rings. The fourth-order valence-electron chi connectivity index (χ4n) is 2.62. The first kappa shape index (κ1) is 15.0. The van der Waals surface area contributed by atoms with Gasteiger partial charge in [-0.1, -0.05) is 34.1 Å². The third-order valence-electron chi connectivity index (χ3n) is 3.69. The van der Waals surface area contributed by atoms with Gasteiger partial charge in [0.1, 0.15) is 0 Å². The van der Waals surface area contributed by atoms with Crippen LogP contribution in [0, 0.1) is 0 Å². The maximum Gasteiger partial charge on any atom is 0.0587 e. The summed E-state index contributed by atoms with van der Waals surface area (Å²) in [7, 11) is 1.75. The van der Waals surface area contributed by atoms with Crippen LogP contribution in [-0.2, 0) is 11.3 Å². The normalized spacial score (nSPS) is 20.0. The van der Waals surface area contributed by atoms with Crippen LogP contribution in [0.3, 0.4) is 0 Å². The molecule has 0 spiro atoms. The van der Waals surface area contributed by atoms with E-state index in [1.165, 1.54) is 29.4 Å². The summed E-state index contributed by atoms with van der Waals surface area (Å²) in [5.41, 5.74) is 1.38. The highest BCUT2D eigenvalue weighted by Gasteiger charge is 2.24. The summed E-state index contributed by atoms with van der Waals surface area (Å²) in [5, 5.41) is 3.48. The minimum absolute atomic E-state index is 0.656. The van der Waals surface area contributed by atoms with Crippen LogP contribution in [0.4, 0.5) is 0 Å². The standard InChI is InChI=1S/C15H23BrN2O/c1-19-10-8-17-11-14-6-4-9-18(14)12-13-5-2-3-7-15(13)16/h2-3,5,7,14,17H,4,6,8-12H2,1H3. The van der Waals surface area contributed by atoms with E-state index in [0.717, 1.165) is 26.2 Å². The van der Waals surface area contributed by atoms with Crippen molar-refractivity contribution in [1.29, 1.82) is 0 Å². The number of hydrogen-bond donors (Lipinski definition) is 1. The summed E-state index contributed by atoms with van der Waals surface area (Å²) in [4.78, 5) is 2.58. The first-order valence-electron chi connectivity index (χ1n) is 6.98. The Kier molecular flexibility index (Phi) is 6.31. The molecule has 106 valence electrons. The predicted molar refractivity (Wildman–Crippen MR) is 82.3 cm³/mol. The van der Waals surface area contributed by atoms with Crippen LogP contribution in [0.15, 0.2) is 28.7 Å². The quantitative estimate of drug-likeness (QED) is 0.779. The second-order valence-corrected chi connectivity index (χ2v) is 5.91. The Morgan fingerprint density at radius 1 is 1.42 bits per heavy atom. The maximum absolute atomic E-state index is 5.06. The molecule has 1 aliphatic heterocycles. The predicted octanol–water partition coefficient (Wildman–Crippen LogP) is 2.65. The molecule has 0 saturated carbocycles. The van der Waals surface area contributed by atoms with E-state index in [9.17, 15) is 0 Å². The van der Waals surface area contributed by atoms with Gasteiger partial charge in [-0.25, -0.2) is 0 Å². The van der Waals surface area contributed by atoms with E-state index in [2.05, 4.69) is 50.4 Å². The van der Waals surface area contributed by atoms with Crippen LogP contribution in [-0.4, -0.2) is 44.3 Å². The highest BCUT2D eigenvalue weighted by molar-refractivity contribution is 9.10. The average Bonchev–Trinajstić information content (AvgIpc) is 2.85. The van der Waals surface area contributed by atoms with Gasteiger partial charge >= 0.3 is 0 Å². The van der Waals surface area contributed by atoms with Gasteiger partial charge in [-0.15, -0.1) is 0 Å². The van der Waals surface area contributed by atoms with Gasteiger partial charge in [0.2, 0.25) is 0 Å². The van der Waals surface area contributed by atoms with E-state index in [4.69, 9.17) is 4.74 Å². The van der Waals surface area contributed by atoms with Crippen LogP contribution in [0.2, 0.25) is 0 Å². The molecule has 2 rings (SSSR count). The molecule has 19 heavy (non-hydrogen) atoms. The highest BCUT2D eigenvalue weighted by atomic mass is 79.9. The molecule has 0 bridgehead atoms. The summed E-state index contributed by atoms with van der Waals surface area (Å²) in [6, 6.07) is 9.17. The summed E-state index contributed by atoms with van der Waals surface area (Å²) < 4.78 is 6.28. The molecule has 4 heteroatoms. The third-order valence-corrected chi connectivity index (χ3v) is 4.47. The monoisotopic (exact) mass is 326 g/mol. The Morgan fingerprint density at radius 3 is 3.05 bits per heavy atom. The maximum atomic E-state index is 5.06. The van der Waals surface area contributed by atoms with Crippen molar-refractivity contribution in [3.8, 4) is 0 Å². The van der Waals surface area contributed by atoms with Gasteiger partial charge < -0.3 is 10.1 Å². The third kappa shape index (κ3) is 4.56. The number of hydrogen-bond acceptors (Lipinski definition) is 3. The minimum Gasteiger partial charge on any atom is -0.383 e. The van der Waals surface area contributed by atoms with E-state index in [1.54, 1.807) is 7.11 Å². The van der Waals surface area contributed by atoms with Crippen LogP contribution < -0.4 is 5.32 Å². The molecule has 0 amide bonds. The van der Waals surface area contributed by atoms with Gasteiger partial charge in [0, 0.05) is 37.3 Å². The van der Waals surface area contributed by atoms with Crippen LogP contribution in [0.1, 0.15) is 18.4 Å². The molecule has 0 aliphatic carbocycles. The molecule has 1 fully saturated rings. The number of nitrogens with one attached hydrogen (secondary N) is 1. The Hall–Kier alpha value is -0.420. The van der Waals surface area contributed by atoms with Gasteiger partial charge in [-0.3, -0.25) is 4.90 Å². The summed E-state index contributed by atoms with van der Waals surface area (Å²) in [6.07, 6.45) is 2.60. The van der Waals surface area contributed by atoms with Crippen molar-refractivity contribution in [3.05, 3.63) is 34.3 Å². The van der Waals surface area contributed by atoms with E-state index in [0.29, 0.717) is 6.04 Å². The number of halogens is 1. The zero-order valence-electron chi connectivity index (χ0n) is 11.6. The molecule has 3 nitrogen and oxygen atoms in total. The second kappa shape index (κ2) is 8.00. The number of rotatable bonds is 7. The van der Waals surface area contributed by atoms with Gasteiger partial charge in [0.05, 0.1) is 6.61 Å². The molecular formula is C15H23BrN2O. The first-order valence-corrected chi connectivity index (χ1v) is 7.77. The zero-order valence-corrected chi connectivity index (χ0v) is 13.2. The molecule has 1 aromatic carbocycles. The lowest BCUT2D eigenvalue weighted by Crippen LogP contribution is -2.38. The van der Waals surface area contributed by atoms with Crippen molar-refractivity contribution in [1.82, 2.24) is 10.2 Å². The topological polar surface area (TPSA) is 24.5 Å². The fraction of sp³-hybridized carbons (Fsp3) is 0.600. The SMILES string of the molecule is COCCNCC1CCCN1Cc1ccccc1Br. The van der Waals surface area contributed by atoms with Gasteiger partial charge in [-0.05, 0) is 31.0 Å². The summed E-state index contributed by atoms with van der Waals surface area (Å²) in [6.45, 7) is 5.04. The molecule has 0 aromatic heterocycles. The van der Waals surface area contributed by atoms with Gasteiger partial charge in [0.15, 0.2) is 0 Å². The number of benzene rings is 1. The van der Waals surface area contributed by atoms with E-state index < -0.39 is 0 Å². The molecule has 1 atom stereocenters. The van der Waals surface area contributed by atoms with Crippen LogP contribution >= 0.6 is 15.9 Å². The second-order valence-electron chi connectivity index (χ2n) is 5.05. The molecule has 1 heterocycles. The van der Waals surface area contributed by atoms with Crippen molar-refractivity contribution < 1.29 is 4.74 Å². The number of likely N-dealkylation sites (tertiary alicyclic amines) is 1. The van der Waals surface area contributed by atoms with Crippen LogP contribution in [0.25, 0.3) is 0 Å². The Labute approximate surface area is 124 Å². The lowest BCUT2D eigenvalue weighted by molar-refractivity contribution is 0.191. The van der Waals surface area contributed by atoms with Crippen molar-refractivity contribution >= 4 is 15.9 Å². The number of methoxy groups -OCH3 is 1. The first-order chi connectivity index (χ1) is 9.31. The van der Waals surface area contributed by atoms with Gasteiger partial charge in [0.25, 0.3) is 0 Å². The Morgan fingerprint density at radius 2 is 2.26 bits per heavy atom. The van der Waals surface area contributed by atoms with Gasteiger partial charge in [-0.2, -0.15) is 0 Å². The fourth-order valence-corrected chi connectivity index (χ4v) is 3.03. The van der Waals surface area contributed by atoms with Crippen molar-refractivity contribution in [2.45, 2.75) is 25.4 Å². The molecule has 0 radical (unpaired) electrons. The Balaban J connectivity index is 1.83. The largest absolute Gasteiger partial charge is 0.383 e. The number of ether oxygens (including phenoxy) is 1. The minimum atomic E-state index is 0.656. The summed E-state index contributed by atoms with van der Waals surface area (Å²) >= 11 is 3.64. The lowest BCUT2D eigenvalue weighted by Gasteiger charge is -2.25. The molecule has 1 aromatic rings. The van der Waals surface area contributed by atoms with E-state index in [1.807, 2.05) is 0 Å². The zero-order chi connectivity index (χ0) is 13.5. The highest BCUT2D eigenvalue weighted by Crippen LogP contribution is 2.23. The molecule has 1 N–H and O–H groups in total. The summed E-state index contributed by atoms with van der Waals surface area (Å²) in [5.74, 6) is 0. The van der Waals surface area contributed by atoms with Crippen molar-refractivity contribution in [2.24, 2.45) is 0 Å².